The zero-order valence-corrected chi connectivity index (χ0v) is 13.6. The van der Waals surface area contributed by atoms with Gasteiger partial charge in [0.15, 0.2) is 0 Å². The molecule has 1 aliphatic rings. The van der Waals surface area contributed by atoms with E-state index in [1.165, 1.54) is 0 Å². The molecule has 5 heteroatoms. The van der Waals surface area contributed by atoms with Crippen molar-refractivity contribution in [2.24, 2.45) is 0 Å². The molecule has 0 aromatic heterocycles. The van der Waals surface area contributed by atoms with Crippen molar-refractivity contribution in [3.63, 3.8) is 0 Å². The first-order valence-electron chi connectivity index (χ1n) is 7.25. The van der Waals surface area contributed by atoms with Crippen LogP contribution in [0.5, 0.6) is 0 Å². The lowest BCUT2D eigenvalue weighted by atomic mass is 9.81. The Morgan fingerprint density at radius 1 is 1.19 bits per heavy atom. The average Bonchev–Trinajstić information content (AvgIpc) is 2.48. The quantitative estimate of drug-likeness (QED) is 0.870. The van der Waals surface area contributed by atoms with Crippen LogP contribution in [0.25, 0.3) is 0 Å². The monoisotopic (exact) mass is 353 g/mol. The molecule has 114 valence electrons. The van der Waals surface area contributed by atoms with Gasteiger partial charge in [-0.1, -0.05) is 47.3 Å². The Balaban J connectivity index is 2.11. The molecule has 1 saturated carbocycles. The summed E-state index contributed by atoms with van der Waals surface area (Å²) in [5.74, 6) is -1.50. The molecule has 4 nitrogen and oxygen atoms in total. The molecule has 1 amide bonds. The second-order valence-corrected chi connectivity index (χ2v) is 6.63. The number of hydrogen-bond acceptors (Lipinski definition) is 2. The van der Waals surface area contributed by atoms with Crippen LogP contribution in [0.1, 0.15) is 50.5 Å². The number of carboxylic acid groups (broad SMARTS) is 1. The van der Waals surface area contributed by atoms with Crippen molar-refractivity contribution in [1.82, 2.24) is 5.32 Å². The molecule has 0 spiro atoms. The molecule has 1 aromatic rings. The van der Waals surface area contributed by atoms with Crippen LogP contribution in [0, 0.1) is 0 Å². The highest BCUT2D eigenvalue weighted by atomic mass is 79.9. The van der Waals surface area contributed by atoms with Crippen molar-refractivity contribution in [1.29, 1.82) is 0 Å². The van der Waals surface area contributed by atoms with Crippen LogP contribution in [0.15, 0.2) is 28.7 Å². The molecular formula is C16H20BrNO3. The van der Waals surface area contributed by atoms with Crippen LogP contribution in [0.3, 0.4) is 0 Å². The molecule has 1 fully saturated rings. The van der Waals surface area contributed by atoms with Gasteiger partial charge in [0.1, 0.15) is 5.54 Å². The maximum absolute atomic E-state index is 12.4. The summed E-state index contributed by atoms with van der Waals surface area (Å²) in [5.41, 5.74) is -0.203. The number of amides is 1. The van der Waals surface area contributed by atoms with Gasteiger partial charge in [-0.05, 0) is 37.5 Å². The van der Waals surface area contributed by atoms with Gasteiger partial charge >= 0.3 is 5.97 Å². The molecule has 1 unspecified atom stereocenters. The molecule has 1 aliphatic carbocycles. The Bertz CT molecular complexity index is 521. The normalized spacial score (nSPS) is 18.8. The predicted octanol–water partition coefficient (Wildman–Crippen LogP) is 3.46. The van der Waals surface area contributed by atoms with Crippen LogP contribution in [0.2, 0.25) is 0 Å². The van der Waals surface area contributed by atoms with E-state index in [0.29, 0.717) is 12.8 Å². The van der Waals surface area contributed by atoms with Crippen LogP contribution in [-0.4, -0.2) is 22.5 Å². The fraction of sp³-hybridized carbons (Fsp3) is 0.500. The number of carbonyl (C=O) groups excluding carboxylic acids is 1. The summed E-state index contributed by atoms with van der Waals surface area (Å²) >= 11 is 3.36. The first kappa shape index (κ1) is 16.0. The largest absolute Gasteiger partial charge is 0.480 e. The lowest BCUT2D eigenvalue weighted by Gasteiger charge is -2.34. The van der Waals surface area contributed by atoms with Crippen molar-refractivity contribution in [3.05, 3.63) is 34.3 Å². The smallest absolute Gasteiger partial charge is 0.329 e. The maximum Gasteiger partial charge on any atom is 0.329 e. The Labute approximate surface area is 133 Å². The minimum absolute atomic E-state index is 0.221. The molecular weight excluding hydrogens is 334 g/mol. The predicted molar refractivity (Wildman–Crippen MR) is 84.2 cm³/mol. The van der Waals surface area contributed by atoms with Crippen LogP contribution in [-0.2, 0) is 9.59 Å². The summed E-state index contributed by atoms with van der Waals surface area (Å²) < 4.78 is 0.952. The molecule has 0 radical (unpaired) electrons. The lowest BCUT2D eigenvalue weighted by Crippen LogP contribution is -2.56. The highest BCUT2D eigenvalue weighted by Crippen LogP contribution is 2.29. The first-order chi connectivity index (χ1) is 9.94. The summed E-state index contributed by atoms with van der Waals surface area (Å²) in [6.07, 6.45) is 3.76. The molecule has 1 aromatic carbocycles. The minimum Gasteiger partial charge on any atom is -0.480 e. The SMILES string of the molecule is CC(C(=O)NC1(C(=O)O)CCCCC1)c1ccc(Br)cc1. The van der Waals surface area contributed by atoms with Crippen LogP contribution < -0.4 is 5.32 Å². The van der Waals surface area contributed by atoms with E-state index in [9.17, 15) is 14.7 Å². The minimum atomic E-state index is -1.08. The van der Waals surface area contributed by atoms with Crippen molar-refractivity contribution in [2.75, 3.05) is 0 Å². The van der Waals surface area contributed by atoms with E-state index in [4.69, 9.17) is 0 Å². The Morgan fingerprint density at radius 2 is 1.76 bits per heavy atom. The fourth-order valence-electron chi connectivity index (χ4n) is 2.79. The van der Waals surface area contributed by atoms with E-state index in [0.717, 1.165) is 29.3 Å². The third kappa shape index (κ3) is 3.64. The topological polar surface area (TPSA) is 66.4 Å². The summed E-state index contributed by atoms with van der Waals surface area (Å²) in [7, 11) is 0. The molecule has 0 saturated heterocycles. The number of hydrogen-bond donors (Lipinski definition) is 2. The zero-order valence-electron chi connectivity index (χ0n) is 12.1. The fourth-order valence-corrected chi connectivity index (χ4v) is 3.06. The van der Waals surface area contributed by atoms with Gasteiger partial charge in [0, 0.05) is 4.47 Å². The molecule has 21 heavy (non-hydrogen) atoms. The molecule has 0 bridgehead atoms. The van der Waals surface area contributed by atoms with E-state index < -0.39 is 11.5 Å². The number of benzene rings is 1. The number of aliphatic carboxylic acids is 1. The Morgan fingerprint density at radius 3 is 2.29 bits per heavy atom. The average molecular weight is 354 g/mol. The standard InChI is InChI=1S/C16H20BrNO3/c1-11(12-5-7-13(17)8-6-12)14(19)18-16(15(20)21)9-3-2-4-10-16/h5-8,11H,2-4,9-10H2,1H3,(H,18,19)(H,20,21). The highest BCUT2D eigenvalue weighted by Gasteiger charge is 2.41. The molecule has 2 N–H and O–H groups in total. The lowest BCUT2D eigenvalue weighted by molar-refractivity contribution is -0.149. The van der Waals surface area contributed by atoms with Crippen molar-refractivity contribution in [3.8, 4) is 0 Å². The van der Waals surface area contributed by atoms with Crippen molar-refractivity contribution in [2.45, 2.75) is 50.5 Å². The maximum atomic E-state index is 12.4. The second-order valence-electron chi connectivity index (χ2n) is 5.71. The van der Waals surface area contributed by atoms with Gasteiger partial charge in [-0.3, -0.25) is 4.79 Å². The Kier molecular flexibility index (Phi) is 5.04. The Hall–Kier alpha value is -1.36. The van der Waals surface area contributed by atoms with Gasteiger partial charge in [0.2, 0.25) is 5.91 Å². The van der Waals surface area contributed by atoms with E-state index >= 15 is 0 Å². The summed E-state index contributed by atoms with van der Waals surface area (Å²) in [5, 5.41) is 12.3. The number of rotatable bonds is 4. The van der Waals surface area contributed by atoms with E-state index in [1.54, 1.807) is 6.92 Å². The van der Waals surface area contributed by atoms with Crippen LogP contribution >= 0.6 is 15.9 Å². The highest BCUT2D eigenvalue weighted by molar-refractivity contribution is 9.10. The molecule has 2 rings (SSSR count). The van der Waals surface area contributed by atoms with Crippen LogP contribution in [0.4, 0.5) is 0 Å². The van der Waals surface area contributed by atoms with Gasteiger partial charge < -0.3 is 10.4 Å². The third-order valence-electron chi connectivity index (χ3n) is 4.24. The second kappa shape index (κ2) is 6.60. The van der Waals surface area contributed by atoms with E-state index in [2.05, 4.69) is 21.2 Å². The van der Waals surface area contributed by atoms with Gasteiger partial charge in [0.05, 0.1) is 5.92 Å². The van der Waals surface area contributed by atoms with Crippen molar-refractivity contribution >= 4 is 27.8 Å². The summed E-state index contributed by atoms with van der Waals surface area (Å²) in [6, 6.07) is 7.52. The number of halogens is 1. The number of carboxylic acids is 1. The van der Waals surface area contributed by atoms with E-state index in [-0.39, 0.29) is 11.8 Å². The van der Waals surface area contributed by atoms with Gasteiger partial charge in [0.25, 0.3) is 0 Å². The number of carbonyl (C=O) groups is 2. The van der Waals surface area contributed by atoms with Crippen molar-refractivity contribution < 1.29 is 14.7 Å². The third-order valence-corrected chi connectivity index (χ3v) is 4.77. The van der Waals surface area contributed by atoms with Gasteiger partial charge in [-0.25, -0.2) is 4.79 Å². The molecule has 0 aliphatic heterocycles. The van der Waals surface area contributed by atoms with Gasteiger partial charge in [-0.15, -0.1) is 0 Å². The van der Waals surface area contributed by atoms with E-state index in [1.807, 2.05) is 24.3 Å². The summed E-state index contributed by atoms with van der Waals surface area (Å²) in [6.45, 7) is 1.80. The number of nitrogens with one attached hydrogen (secondary N) is 1. The molecule has 1 atom stereocenters. The zero-order chi connectivity index (χ0) is 15.5. The first-order valence-corrected chi connectivity index (χ1v) is 8.05. The molecule has 0 heterocycles. The van der Waals surface area contributed by atoms with Gasteiger partial charge in [-0.2, -0.15) is 0 Å². The summed E-state index contributed by atoms with van der Waals surface area (Å²) in [4.78, 5) is 24.0.